The van der Waals surface area contributed by atoms with Crippen LogP contribution in [0.25, 0.3) is 0 Å². The van der Waals surface area contributed by atoms with Crippen LogP contribution >= 0.6 is 11.8 Å². The highest BCUT2D eigenvalue weighted by Crippen LogP contribution is 2.34. The Kier molecular flexibility index (Phi) is 4.04. The summed E-state index contributed by atoms with van der Waals surface area (Å²) in [5.41, 5.74) is 7.34. The van der Waals surface area contributed by atoms with Crippen molar-refractivity contribution in [2.24, 2.45) is 0 Å². The van der Waals surface area contributed by atoms with Crippen molar-refractivity contribution in [1.29, 1.82) is 5.26 Å². The van der Waals surface area contributed by atoms with Crippen molar-refractivity contribution >= 4 is 35.0 Å². The standard InChI is InChI=1S/C17H13N3O2S/c18-10-11-4-6-13(7-5-11)20-16(21)9-15(17(20)22)23-14-3-1-2-12(19)8-14/h1-8,15H,9,19H2/t15-/m1/s1. The van der Waals surface area contributed by atoms with Gasteiger partial charge in [-0.3, -0.25) is 9.59 Å². The van der Waals surface area contributed by atoms with Gasteiger partial charge in [0, 0.05) is 17.0 Å². The normalized spacial score (nSPS) is 17.3. The quantitative estimate of drug-likeness (QED) is 0.693. The van der Waals surface area contributed by atoms with Crippen LogP contribution in [0.1, 0.15) is 12.0 Å². The van der Waals surface area contributed by atoms with E-state index in [2.05, 4.69) is 0 Å². The van der Waals surface area contributed by atoms with Gasteiger partial charge >= 0.3 is 0 Å². The summed E-state index contributed by atoms with van der Waals surface area (Å²) < 4.78 is 0. The van der Waals surface area contributed by atoms with Crippen LogP contribution in [0, 0.1) is 11.3 Å². The van der Waals surface area contributed by atoms with Crippen LogP contribution in [0.4, 0.5) is 11.4 Å². The van der Waals surface area contributed by atoms with Crippen LogP contribution in [0.15, 0.2) is 53.4 Å². The summed E-state index contributed by atoms with van der Waals surface area (Å²) in [5.74, 6) is -0.478. The number of nitrogen functional groups attached to an aromatic ring is 1. The number of anilines is 2. The van der Waals surface area contributed by atoms with Crippen molar-refractivity contribution in [2.75, 3.05) is 10.6 Å². The second-order valence-corrected chi connectivity index (χ2v) is 6.39. The molecule has 1 saturated heterocycles. The molecule has 0 aliphatic carbocycles. The zero-order valence-electron chi connectivity index (χ0n) is 12.1. The third-order valence-electron chi connectivity index (χ3n) is 3.50. The average Bonchev–Trinajstić information content (AvgIpc) is 2.81. The molecule has 0 aromatic heterocycles. The summed E-state index contributed by atoms with van der Waals surface area (Å²) in [6, 6.07) is 15.7. The van der Waals surface area contributed by atoms with Gasteiger partial charge in [0.15, 0.2) is 0 Å². The van der Waals surface area contributed by atoms with E-state index in [-0.39, 0.29) is 18.2 Å². The first-order valence-corrected chi connectivity index (χ1v) is 7.85. The van der Waals surface area contributed by atoms with Crippen LogP contribution < -0.4 is 10.6 Å². The first-order valence-electron chi connectivity index (χ1n) is 6.97. The number of hydrogen-bond donors (Lipinski definition) is 1. The lowest BCUT2D eigenvalue weighted by Crippen LogP contribution is -2.31. The smallest absolute Gasteiger partial charge is 0.247 e. The number of rotatable bonds is 3. The predicted octanol–water partition coefficient (Wildman–Crippen LogP) is 2.56. The Morgan fingerprint density at radius 1 is 1.17 bits per heavy atom. The zero-order valence-corrected chi connectivity index (χ0v) is 12.9. The number of nitrogens with two attached hydrogens (primary N) is 1. The Morgan fingerprint density at radius 2 is 1.91 bits per heavy atom. The number of nitriles is 1. The maximum atomic E-state index is 12.5. The van der Waals surface area contributed by atoms with E-state index in [0.29, 0.717) is 16.9 Å². The van der Waals surface area contributed by atoms with Crippen LogP contribution in [0.3, 0.4) is 0 Å². The van der Waals surface area contributed by atoms with Gasteiger partial charge < -0.3 is 5.73 Å². The molecule has 1 aliphatic rings. The molecule has 1 heterocycles. The Hall–Kier alpha value is -2.78. The summed E-state index contributed by atoms with van der Waals surface area (Å²) >= 11 is 1.34. The summed E-state index contributed by atoms with van der Waals surface area (Å²) in [7, 11) is 0. The number of carbonyl (C=O) groups excluding carboxylic acids is 2. The van der Waals surface area contributed by atoms with Gasteiger partial charge in [-0.25, -0.2) is 4.90 Å². The molecule has 114 valence electrons. The van der Waals surface area contributed by atoms with E-state index in [9.17, 15) is 9.59 Å². The monoisotopic (exact) mass is 323 g/mol. The van der Waals surface area contributed by atoms with E-state index in [4.69, 9.17) is 11.0 Å². The fourth-order valence-electron chi connectivity index (χ4n) is 2.40. The van der Waals surface area contributed by atoms with Gasteiger partial charge in [0.2, 0.25) is 11.8 Å². The zero-order chi connectivity index (χ0) is 16.4. The Labute approximate surface area is 137 Å². The number of nitrogens with zero attached hydrogens (tertiary/aromatic N) is 2. The molecular formula is C17H13N3O2S. The molecule has 0 spiro atoms. The summed E-state index contributed by atoms with van der Waals surface area (Å²) in [6.45, 7) is 0. The number of amides is 2. The van der Waals surface area contributed by atoms with Gasteiger partial charge in [-0.1, -0.05) is 6.07 Å². The summed E-state index contributed by atoms with van der Waals surface area (Å²) in [5, 5.41) is 8.36. The Bertz CT molecular complexity index is 811. The number of imide groups is 1. The maximum Gasteiger partial charge on any atom is 0.247 e. The van der Waals surface area contributed by atoms with E-state index in [1.807, 2.05) is 18.2 Å². The van der Waals surface area contributed by atoms with Gasteiger partial charge in [0.25, 0.3) is 0 Å². The first-order chi connectivity index (χ1) is 11.1. The van der Waals surface area contributed by atoms with Crippen LogP contribution in [0.5, 0.6) is 0 Å². The second-order valence-electron chi connectivity index (χ2n) is 5.11. The molecule has 1 atom stereocenters. The van der Waals surface area contributed by atoms with Crippen molar-refractivity contribution in [3.63, 3.8) is 0 Å². The van der Waals surface area contributed by atoms with Crippen molar-refractivity contribution < 1.29 is 9.59 Å². The molecule has 1 aliphatic heterocycles. The fraction of sp³-hybridized carbons (Fsp3) is 0.118. The minimum Gasteiger partial charge on any atom is -0.399 e. The molecule has 6 heteroatoms. The third-order valence-corrected chi connectivity index (χ3v) is 4.68. The first kappa shape index (κ1) is 15.1. The van der Waals surface area contributed by atoms with Crippen molar-refractivity contribution in [1.82, 2.24) is 0 Å². The van der Waals surface area contributed by atoms with Crippen LogP contribution in [0.2, 0.25) is 0 Å². The lowest BCUT2D eigenvalue weighted by atomic mass is 10.2. The molecule has 2 aromatic rings. The second kappa shape index (κ2) is 6.15. The molecule has 1 fully saturated rings. The highest BCUT2D eigenvalue weighted by molar-refractivity contribution is 8.00. The Balaban J connectivity index is 1.80. The van der Waals surface area contributed by atoms with Crippen LogP contribution in [-0.4, -0.2) is 17.1 Å². The number of thioether (sulfide) groups is 1. The average molecular weight is 323 g/mol. The molecule has 0 bridgehead atoms. The highest BCUT2D eigenvalue weighted by Gasteiger charge is 2.40. The van der Waals surface area contributed by atoms with Crippen molar-refractivity contribution in [3.05, 3.63) is 54.1 Å². The molecule has 3 rings (SSSR count). The molecule has 0 saturated carbocycles. The predicted molar refractivity (Wildman–Crippen MR) is 88.8 cm³/mol. The number of benzene rings is 2. The van der Waals surface area contributed by atoms with Crippen molar-refractivity contribution in [3.8, 4) is 6.07 Å². The van der Waals surface area contributed by atoms with Gasteiger partial charge in [0.05, 0.1) is 22.6 Å². The van der Waals surface area contributed by atoms with Gasteiger partial charge in [0.1, 0.15) is 0 Å². The molecule has 2 amide bonds. The molecule has 23 heavy (non-hydrogen) atoms. The molecule has 5 nitrogen and oxygen atoms in total. The molecule has 2 aromatic carbocycles. The van der Waals surface area contributed by atoms with Gasteiger partial charge in [-0.2, -0.15) is 5.26 Å². The van der Waals surface area contributed by atoms with E-state index >= 15 is 0 Å². The molecule has 0 unspecified atom stereocenters. The van der Waals surface area contributed by atoms with Gasteiger partial charge in [-0.05, 0) is 42.5 Å². The SMILES string of the molecule is N#Cc1ccc(N2C(=O)C[C@@H](Sc3cccc(N)c3)C2=O)cc1. The molecular weight excluding hydrogens is 310 g/mol. The minimum atomic E-state index is -0.458. The number of carbonyl (C=O) groups is 2. The van der Waals surface area contributed by atoms with Crippen molar-refractivity contribution in [2.45, 2.75) is 16.6 Å². The third kappa shape index (κ3) is 3.05. The van der Waals surface area contributed by atoms with E-state index in [1.54, 1.807) is 36.4 Å². The van der Waals surface area contributed by atoms with E-state index < -0.39 is 5.25 Å². The number of hydrogen-bond acceptors (Lipinski definition) is 5. The Morgan fingerprint density at radius 3 is 2.57 bits per heavy atom. The molecule has 2 N–H and O–H groups in total. The molecule has 0 radical (unpaired) electrons. The topological polar surface area (TPSA) is 87.2 Å². The minimum absolute atomic E-state index is 0.151. The maximum absolute atomic E-state index is 12.5. The highest BCUT2D eigenvalue weighted by atomic mass is 32.2. The van der Waals surface area contributed by atoms with E-state index in [1.165, 1.54) is 16.7 Å². The fourth-order valence-corrected chi connectivity index (χ4v) is 3.53. The van der Waals surface area contributed by atoms with Gasteiger partial charge in [-0.15, -0.1) is 11.8 Å². The largest absolute Gasteiger partial charge is 0.399 e. The van der Waals surface area contributed by atoms with E-state index in [0.717, 1.165) is 4.90 Å². The summed E-state index contributed by atoms with van der Waals surface area (Å²) in [6.07, 6.45) is 0.151. The lowest BCUT2D eigenvalue weighted by Gasteiger charge is -2.15. The summed E-state index contributed by atoms with van der Waals surface area (Å²) in [4.78, 5) is 26.8. The van der Waals surface area contributed by atoms with Crippen LogP contribution in [-0.2, 0) is 9.59 Å². The lowest BCUT2D eigenvalue weighted by molar-refractivity contribution is -0.121.